The van der Waals surface area contributed by atoms with Gasteiger partial charge in [0.2, 0.25) is 5.91 Å². The third-order valence-electron chi connectivity index (χ3n) is 2.73. The Bertz CT molecular complexity index is 437. The number of fused-ring (bicyclic) bond motifs is 1. The van der Waals surface area contributed by atoms with E-state index in [4.69, 9.17) is 10.8 Å². The van der Waals surface area contributed by atoms with Crippen LogP contribution in [0.1, 0.15) is 13.3 Å². The number of nitrogens with zero attached hydrogens (tertiary/aromatic N) is 1. The largest absolute Gasteiger partial charge is 0.399 e. The second-order valence-corrected chi connectivity index (χ2v) is 5.44. The third kappa shape index (κ3) is 2.40. The lowest BCUT2D eigenvalue weighted by molar-refractivity contribution is -0.118. The fourth-order valence-electron chi connectivity index (χ4n) is 1.89. The number of amides is 1. The Labute approximate surface area is 105 Å². The van der Waals surface area contributed by atoms with Crippen molar-refractivity contribution in [1.29, 1.82) is 0 Å². The summed E-state index contributed by atoms with van der Waals surface area (Å²) in [4.78, 5) is 14.9. The smallest absolute Gasteiger partial charge is 0.240 e. The standard InChI is InChI=1S/C12H16N2O2S/c1-8-12(16)14(5-2-6-15)10-4-3-9(13)7-11(10)17-8/h3-4,7-8,15H,2,5-6,13H2,1H3. The van der Waals surface area contributed by atoms with Gasteiger partial charge in [0.15, 0.2) is 0 Å². The van der Waals surface area contributed by atoms with Crippen molar-refractivity contribution in [1.82, 2.24) is 0 Å². The van der Waals surface area contributed by atoms with Crippen LogP contribution in [-0.4, -0.2) is 29.4 Å². The van der Waals surface area contributed by atoms with Crippen molar-refractivity contribution in [2.75, 3.05) is 23.8 Å². The number of hydrogen-bond donors (Lipinski definition) is 2. The molecule has 17 heavy (non-hydrogen) atoms. The highest BCUT2D eigenvalue weighted by Gasteiger charge is 2.30. The van der Waals surface area contributed by atoms with Crippen molar-refractivity contribution < 1.29 is 9.90 Å². The number of benzene rings is 1. The lowest BCUT2D eigenvalue weighted by Gasteiger charge is -2.32. The van der Waals surface area contributed by atoms with Gasteiger partial charge in [-0.1, -0.05) is 0 Å². The monoisotopic (exact) mass is 252 g/mol. The first-order valence-electron chi connectivity index (χ1n) is 5.62. The minimum Gasteiger partial charge on any atom is -0.399 e. The summed E-state index contributed by atoms with van der Waals surface area (Å²) in [7, 11) is 0. The van der Waals surface area contributed by atoms with Crippen LogP contribution in [0.25, 0.3) is 0 Å². The van der Waals surface area contributed by atoms with E-state index in [-0.39, 0.29) is 17.8 Å². The van der Waals surface area contributed by atoms with Gasteiger partial charge in [-0.3, -0.25) is 4.79 Å². The van der Waals surface area contributed by atoms with E-state index in [1.807, 2.05) is 19.1 Å². The molecule has 92 valence electrons. The molecule has 1 aliphatic rings. The van der Waals surface area contributed by atoms with Crippen molar-refractivity contribution in [2.24, 2.45) is 0 Å². The van der Waals surface area contributed by atoms with Crippen LogP contribution in [0.2, 0.25) is 0 Å². The lowest BCUT2D eigenvalue weighted by Crippen LogP contribution is -2.40. The summed E-state index contributed by atoms with van der Waals surface area (Å²) in [5.41, 5.74) is 7.36. The molecule has 5 heteroatoms. The highest BCUT2D eigenvalue weighted by atomic mass is 32.2. The van der Waals surface area contributed by atoms with Crippen LogP contribution in [0.5, 0.6) is 0 Å². The molecule has 0 saturated carbocycles. The van der Waals surface area contributed by atoms with Crippen molar-refractivity contribution in [3.63, 3.8) is 0 Å². The summed E-state index contributed by atoms with van der Waals surface area (Å²) in [6, 6.07) is 5.57. The molecular weight excluding hydrogens is 236 g/mol. The first-order chi connectivity index (χ1) is 8.13. The third-order valence-corrected chi connectivity index (χ3v) is 3.87. The van der Waals surface area contributed by atoms with Gasteiger partial charge in [-0.05, 0) is 31.5 Å². The average molecular weight is 252 g/mol. The molecule has 1 heterocycles. The van der Waals surface area contributed by atoms with Crippen LogP contribution in [0.4, 0.5) is 11.4 Å². The molecule has 1 aromatic rings. The van der Waals surface area contributed by atoms with E-state index in [0.717, 1.165) is 10.6 Å². The Kier molecular flexibility index (Phi) is 3.59. The molecule has 4 nitrogen and oxygen atoms in total. The number of anilines is 2. The number of aliphatic hydroxyl groups excluding tert-OH is 1. The molecule has 3 N–H and O–H groups in total. The van der Waals surface area contributed by atoms with Crippen LogP contribution in [0.3, 0.4) is 0 Å². The van der Waals surface area contributed by atoms with Crippen LogP contribution < -0.4 is 10.6 Å². The average Bonchev–Trinajstić information content (AvgIpc) is 2.30. The maximum Gasteiger partial charge on any atom is 0.240 e. The molecule has 0 saturated heterocycles. The van der Waals surface area contributed by atoms with E-state index in [0.29, 0.717) is 18.7 Å². The fourth-order valence-corrected chi connectivity index (χ4v) is 3.00. The highest BCUT2D eigenvalue weighted by molar-refractivity contribution is 8.01. The Balaban J connectivity index is 2.34. The van der Waals surface area contributed by atoms with Gasteiger partial charge in [0.05, 0.1) is 10.9 Å². The predicted octanol–water partition coefficient (Wildman–Crippen LogP) is 1.48. The number of aliphatic hydroxyl groups is 1. The van der Waals surface area contributed by atoms with E-state index < -0.39 is 0 Å². The zero-order valence-corrected chi connectivity index (χ0v) is 10.5. The Morgan fingerprint density at radius 3 is 3.00 bits per heavy atom. The maximum absolute atomic E-state index is 12.1. The fraction of sp³-hybridized carbons (Fsp3) is 0.417. The van der Waals surface area contributed by atoms with Crippen LogP contribution in [-0.2, 0) is 4.79 Å². The van der Waals surface area contributed by atoms with Crippen LogP contribution >= 0.6 is 11.8 Å². The van der Waals surface area contributed by atoms with E-state index in [1.54, 1.807) is 11.0 Å². The van der Waals surface area contributed by atoms with Crippen LogP contribution in [0, 0.1) is 0 Å². The first kappa shape index (κ1) is 12.3. The molecule has 1 aliphatic heterocycles. The molecule has 0 aromatic heterocycles. The summed E-state index contributed by atoms with van der Waals surface area (Å²) in [6.07, 6.45) is 0.590. The number of thioether (sulfide) groups is 1. The minimum absolute atomic E-state index is 0.0929. The van der Waals surface area contributed by atoms with Gasteiger partial charge < -0.3 is 15.7 Å². The first-order valence-corrected chi connectivity index (χ1v) is 6.50. The second-order valence-electron chi connectivity index (χ2n) is 4.05. The van der Waals surface area contributed by atoms with Crippen molar-refractivity contribution in [3.05, 3.63) is 18.2 Å². The normalized spacial score (nSPS) is 19.3. The molecule has 1 amide bonds. The summed E-state index contributed by atoms with van der Waals surface area (Å²) in [5, 5.41) is 8.78. The van der Waals surface area contributed by atoms with Gasteiger partial charge in [-0.25, -0.2) is 0 Å². The number of hydrogen-bond acceptors (Lipinski definition) is 4. The van der Waals surface area contributed by atoms with Crippen molar-refractivity contribution in [3.8, 4) is 0 Å². The SMILES string of the molecule is CC1Sc2cc(N)ccc2N(CCCO)C1=O. The molecule has 0 bridgehead atoms. The minimum atomic E-state index is -0.0945. The lowest BCUT2D eigenvalue weighted by atomic mass is 10.2. The molecule has 0 aliphatic carbocycles. The Hall–Kier alpha value is -1.20. The zero-order valence-electron chi connectivity index (χ0n) is 9.72. The Morgan fingerprint density at radius 2 is 2.29 bits per heavy atom. The highest BCUT2D eigenvalue weighted by Crippen LogP contribution is 2.40. The molecule has 2 rings (SSSR count). The van der Waals surface area contributed by atoms with Gasteiger partial charge >= 0.3 is 0 Å². The van der Waals surface area contributed by atoms with Gasteiger partial charge in [-0.15, -0.1) is 11.8 Å². The number of rotatable bonds is 3. The predicted molar refractivity (Wildman–Crippen MR) is 70.2 cm³/mol. The quantitative estimate of drug-likeness (QED) is 0.800. The number of carbonyl (C=O) groups excluding carboxylic acids is 1. The summed E-state index contributed by atoms with van der Waals surface area (Å²) in [6.45, 7) is 2.54. The van der Waals surface area contributed by atoms with E-state index in [1.165, 1.54) is 11.8 Å². The summed E-state index contributed by atoms with van der Waals surface area (Å²) < 4.78 is 0. The summed E-state index contributed by atoms with van der Waals surface area (Å²) in [5.74, 6) is 0.0979. The van der Waals surface area contributed by atoms with Gasteiger partial charge in [0.1, 0.15) is 0 Å². The molecule has 0 spiro atoms. The topological polar surface area (TPSA) is 66.6 Å². The molecule has 1 unspecified atom stereocenters. The number of nitrogens with two attached hydrogens (primary N) is 1. The second kappa shape index (κ2) is 4.98. The van der Waals surface area contributed by atoms with Gasteiger partial charge in [0.25, 0.3) is 0 Å². The zero-order chi connectivity index (χ0) is 12.4. The van der Waals surface area contributed by atoms with Crippen LogP contribution in [0.15, 0.2) is 23.1 Å². The van der Waals surface area contributed by atoms with E-state index >= 15 is 0 Å². The summed E-state index contributed by atoms with van der Waals surface area (Å²) >= 11 is 1.54. The molecular formula is C12H16N2O2S. The molecule has 1 aromatic carbocycles. The van der Waals surface area contributed by atoms with Gasteiger partial charge in [0, 0.05) is 23.7 Å². The Morgan fingerprint density at radius 1 is 1.53 bits per heavy atom. The van der Waals surface area contributed by atoms with E-state index in [2.05, 4.69) is 0 Å². The molecule has 1 atom stereocenters. The van der Waals surface area contributed by atoms with E-state index in [9.17, 15) is 4.79 Å². The number of carbonyl (C=O) groups is 1. The molecule has 0 radical (unpaired) electrons. The van der Waals surface area contributed by atoms with Gasteiger partial charge in [-0.2, -0.15) is 0 Å². The number of nitrogen functional groups attached to an aromatic ring is 1. The van der Waals surface area contributed by atoms with Crippen molar-refractivity contribution >= 4 is 29.0 Å². The maximum atomic E-state index is 12.1. The molecule has 0 fully saturated rings. The van der Waals surface area contributed by atoms with Crippen molar-refractivity contribution in [2.45, 2.75) is 23.5 Å².